The number of aryl methyl sites for hydroxylation is 1. The summed E-state index contributed by atoms with van der Waals surface area (Å²) < 4.78 is 27.9. The SMILES string of the molecule is CCc1ccccc1S(=O)(=O)Nc1ccc(C(=O)/C=C/c2ccc(O)cc2)cc1. The molecule has 0 bridgehead atoms. The van der Waals surface area contributed by atoms with Gasteiger partial charge in [-0.1, -0.05) is 43.3 Å². The normalized spacial score (nSPS) is 11.5. The van der Waals surface area contributed by atoms with Crippen LogP contribution in [0.3, 0.4) is 0 Å². The van der Waals surface area contributed by atoms with Crippen LogP contribution in [0.2, 0.25) is 0 Å². The highest BCUT2D eigenvalue weighted by Gasteiger charge is 2.17. The number of aromatic hydroxyl groups is 1. The Bertz CT molecular complexity index is 1130. The number of benzene rings is 3. The van der Waals surface area contributed by atoms with Crippen LogP contribution in [0.1, 0.15) is 28.4 Å². The average Bonchev–Trinajstić information content (AvgIpc) is 2.73. The molecule has 29 heavy (non-hydrogen) atoms. The first-order valence-electron chi connectivity index (χ1n) is 9.11. The molecule has 0 spiro atoms. The van der Waals surface area contributed by atoms with Crippen molar-refractivity contribution < 1.29 is 18.3 Å². The minimum atomic E-state index is -3.71. The second-order valence-corrected chi connectivity index (χ2v) is 8.08. The molecule has 0 aliphatic heterocycles. The zero-order valence-corrected chi connectivity index (χ0v) is 16.7. The van der Waals surface area contributed by atoms with Crippen molar-refractivity contribution in [1.29, 1.82) is 0 Å². The predicted molar refractivity (Wildman–Crippen MR) is 115 cm³/mol. The highest BCUT2D eigenvalue weighted by molar-refractivity contribution is 7.92. The summed E-state index contributed by atoms with van der Waals surface area (Å²) in [6, 6.07) is 19.6. The van der Waals surface area contributed by atoms with Gasteiger partial charge in [-0.15, -0.1) is 0 Å². The van der Waals surface area contributed by atoms with Gasteiger partial charge in [-0.2, -0.15) is 0 Å². The fraction of sp³-hybridized carbons (Fsp3) is 0.0870. The van der Waals surface area contributed by atoms with Crippen molar-refractivity contribution in [3.8, 4) is 5.75 Å². The van der Waals surface area contributed by atoms with Crippen molar-refractivity contribution in [1.82, 2.24) is 0 Å². The molecule has 0 saturated carbocycles. The maximum absolute atomic E-state index is 12.7. The van der Waals surface area contributed by atoms with E-state index in [4.69, 9.17) is 0 Å². The van der Waals surface area contributed by atoms with Crippen LogP contribution in [0.25, 0.3) is 6.08 Å². The fourth-order valence-electron chi connectivity index (χ4n) is 2.82. The molecule has 0 saturated heterocycles. The maximum atomic E-state index is 12.7. The number of nitrogens with one attached hydrogen (secondary N) is 1. The van der Waals surface area contributed by atoms with E-state index >= 15 is 0 Å². The summed E-state index contributed by atoms with van der Waals surface area (Å²) in [6.45, 7) is 1.90. The van der Waals surface area contributed by atoms with Gasteiger partial charge in [0.25, 0.3) is 10.0 Å². The molecule has 0 aliphatic carbocycles. The van der Waals surface area contributed by atoms with Gasteiger partial charge in [0.2, 0.25) is 0 Å². The molecule has 0 radical (unpaired) electrons. The van der Waals surface area contributed by atoms with Crippen molar-refractivity contribution in [3.63, 3.8) is 0 Å². The standard InChI is InChI=1S/C23H21NO4S/c1-2-18-5-3-4-6-23(18)29(27,28)24-20-12-10-19(11-13-20)22(26)16-9-17-7-14-21(25)15-8-17/h3-16,24-25H,2H2,1H3/b16-9+. The van der Waals surface area contributed by atoms with E-state index < -0.39 is 10.0 Å². The molecule has 0 atom stereocenters. The predicted octanol–water partition coefficient (Wildman–Crippen LogP) is 4.65. The number of anilines is 1. The monoisotopic (exact) mass is 407 g/mol. The topological polar surface area (TPSA) is 83.5 Å². The zero-order valence-electron chi connectivity index (χ0n) is 15.9. The minimum Gasteiger partial charge on any atom is -0.508 e. The zero-order chi connectivity index (χ0) is 20.9. The van der Waals surface area contributed by atoms with E-state index in [1.54, 1.807) is 72.8 Å². The van der Waals surface area contributed by atoms with Gasteiger partial charge < -0.3 is 5.11 Å². The lowest BCUT2D eigenvalue weighted by molar-refractivity contribution is 0.104. The molecular weight excluding hydrogens is 386 g/mol. The molecule has 3 aromatic rings. The van der Waals surface area contributed by atoms with E-state index in [2.05, 4.69) is 4.72 Å². The van der Waals surface area contributed by atoms with Crippen LogP contribution in [0.15, 0.2) is 83.8 Å². The number of phenols is 1. The van der Waals surface area contributed by atoms with Gasteiger partial charge >= 0.3 is 0 Å². The van der Waals surface area contributed by atoms with E-state index in [0.717, 1.165) is 11.1 Å². The highest BCUT2D eigenvalue weighted by atomic mass is 32.2. The Morgan fingerprint density at radius 3 is 2.28 bits per heavy atom. The summed E-state index contributed by atoms with van der Waals surface area (Å²) in [5.41, 5.74) is 2.35. The molecule has 0 aromatic heterocycles. The molecule has 6 heteroatoms. The summed E-state index contributed by atoms with van der Waals surface area (Å²) in [6.07, 6.45) is 3.70. The van der Waals surface area contributed by atoms with Gasteiger partial charge in [-0.3, -0.25) is 9.52 Å². The molecule has 0 amide bonds. The number of allylic oxidation sites excluding steroid dienone is 1. The lowest BCUT2D eigenvalue weighted by Gasteiger charge is -2.11. The molecule has 148 valence electrons. The Morgan fingerprint density at radius 2 is 1.62 bits per heavy atom. The van der Waals surface area contributed by atoms with Gasteiger partial charge in [0.15, 0.2) is 5.78 Å². The fourth-order valence-corrected chi connectivity index (χ4v) is 4.20. The van der Waals surface area contributed by atoms with Gasteiger partial charge in [-0.25, -0.2) is 8.42 Å². The molecule has 2 N–H and O–H groups in total. The van der Waals surface area contributed by atoms with Crippen molar-refractivity contribution in [2.24, 2.45) is 0 Å². The Morgan fingerprint density at radius 1 is 0.966 bits per heavy atom. The van der Waals surface area contributed by atoms with Crippen LogP contribution in [0.5, 0.6) is 5.75 Å². The van der Waals surface area contributed by atoms with Crippen LogP contribution < -0.4 is 4.72 Å². The summed E-state index contributed by atoms with van der Waals surface area (Å²) >= 11 is 0. The van der Waals surface area contributed by atoms with Gasteiger partial charge in [0.05, 0.1) is 4.90 Å². The summed E-state index contributed by atoms with van der Waals surface area (Å²) in [5, 5.41) is 9.28. The number of hydrogen-bond acceptors (Lipinski definition) is 4. The molecule has 0 aliphatic rings. The summed E-state index contributed by atoms with van der Waals surface area (Å²) in [4.78, 5) is 12.6. The first-order chi connectivity index (χ1) is 13.9. The van der Waals surface area contributed by atoms with E-state index in [-0.39, 0.29) is 16.4 Å². The molecule has 3 rings (SSSR count). The Balaban J connectivity index is 1.72. The number of rotatable bonds is 7. The number of ketones is 1. The second kappa shape index (κ2) is 8.75. The van der Waals surface area contributed by atoms with E-state index in [0.29, 0.717) is 17.7 Å². The number of carbonyl (C=O) groups is 1. The van der Waals surface area contributed by atoms with Gasteiger partial charge in [0, 0.05) is 11.3 Å². The Labute approximate surface area is 170 Å². The van der Waals surface area contributed by atoms with E-state index in [9.17, 15) is 18.3 Å². The molecular formula is C23H21NO4S. The quantitative estimate of drug-likeness (QED) is 0.441. The minimum absolute atomic E-state index is 0.160. The van der Waals surface area contributed by atoms with Crippen molar-refractivity contribution in [2.45, 2.75) is 18.2 Å². The lowest BCUT2D eigenvalue weighted by Crippen LogP contribution is -2.14. The van der Waals surface area contributed by atoms with Crippen molar-refractivity contribution in [3.05, 3.63) is 95.6 Å². The number of carbonyl (C=O) groups excluding carboxylic acids is 1. The van der Waals surface area contributed by atoms with Gasteiger partial charge in [-0.05, 0) is 66.1 Å². The van der Waals surface area contributed by atoms with Crippen molar-refractivity contribution >= 4 is 27.6 Å². The van der Waals surface area contributed by atoms with Crippen LogP contribution in [0, 0.1) is 0 Å². The van der Waals surface area contributed by atoms with Crippen LogP contribution in [-0.4, -0.2) is 19.3 Å². The largest absolute Gasteiger partial charge is 0.508 e. The lowest BCUT2D eigenvalue weighted by atomic mass is 10.1. The third kappa shape index (κ3) is 5.12. The van der Waals surface area contributed by atoms with E-state index in [1.807, 2.05) is 13.0 Å². The van der Waals surface area contributed by atoms with Crippen molar-refractivity contribution in [2.75, 3.05) is 4.72 Å². The van der Waals surface area contributed by atoms with Crippen LogP contribution >= 0.6 is 0 Å². The molecule has 0 fully saturated rings. The molecule has 5 nitrogen and oxygen atoms in total. The summed E-state index contributed by atoms with van der Waals surface area (Å²) in [7, 11) is -3.71. The van der Waals surface area contributed by atoms with Gasteiger partial charge in [0.1, 0.15) is 5.75 Å². The Kier molecular flexibility index (Phi) is 6.14. The third-order valence-corrected chi connectivity index (χ3v) is 5.87. The molecule has 3 aromatic carbocycles. The van der Waals surface area contributed by atoms with Crippen LogP contribution in [-0.2, 0) is 16.4 Å². The van der Waals surface area contributed by atoms with E-state index in [1.165, 1.54) is 6.08 Å². The molecule has 0 heterocycles. The Hall–Kier alpha value is -3.38. The average molecular weight is 407 g/mol. The number of hydrogen-bond donors (Lipinski definition) is 2. The second-order valence-electron chi connectivity index (χ2n) is 6.43. The first kappa shape index (κ1) is 20.4. The summed E-state index contributed by atoms with van der Waals surface area (Å²) in [5.74, 6) is -0.0445. The highest BCUT2D eigenvalue weighted by Crippen LogP contribution is 2.21. The van der Waals surface area contributed by atoms with Crippen LogP contribution in [0.4, 0.5) is 5.69 Å². The molecule has 0 unspecified atom stereocenters. The smallest absolute Gasteiger partial charge is 0.262 e. The number of phenolic OH excluding ortho intramolecular Hbond substituents is 1. The first-order valence-corrected chi connectivity index (χ1v) is 10.6. The maximum Gasteiger partial charge on any atom is 0.262 e. The third-order valence-electron chi connectivity index (χ3n) is 4.38. The number of sulfonamides is 1.